The molecule has 2 aromatic carbocycles. The molecule has 6 nitrogen and oxygen atoms in total. The fourth-order valence-electron chi connectivity index (χ4n) is 5.18. The summed E-state index contributed by atoms with van der Waals surface area (Å²) < 4.78 is 117. The summed E-state index contributed by atoms with van der Waals surface area (Å²) in [6, 6.07) is 4.40. The number of anilines is 1. The standard InChI is InChI=1S/C25H23F6N3O3S2/c26-18-2-1-14(9-19(18)27)21-10-16(25(29,30)31)3-6-34(21)13-15-4-7-37-22-12-23(20(28)11-17(15)22)39(35,36)33-24-32-5-8-38-24/h1-2,5,8-9,11-12,15-16,21H,3-4,6-7,10,13H2,(H,32,33)/t15-,16+,21-/m0/s1. The van der Waals surface area contributed by atoms with Gasteiger partial charge in [-0.1, -0.05) is 6.07 Å². The molecule has 0 aliphatic carbocycles. The van der Waals surface area contributed by atoms with E-state index >= 15 is 4.39 Å². The summed E-state index contributed by atoms with van der Waals surface area (Å²) in [5.74, 6) is -5.12. The fraction of sp³-hybridized carbons (Fsp3) is 0.400. The van der Waals surface area contributed by atoms with Gasteiger partial charge in [-0.15, -0.1) is 11.3 Å². The van der Waals surface area contributed by atoms with Gasteiger partial charge >= 0.3 is 6.18 Å². The van der Waals surface area contributed by atoms with Crippen molar-refractivity contribution < 1.29 is 39.5 Å². The predicted molar refractivity (Wildman–Crippen MR) is 132 cm³/mol. The molecule has 2 aliphatic rings. The molecule has 3 atom stereocenters. The normalized spacial score (nSPS) is 22.3. The van der Waals surface area contributed by atoms with E-state index in [1.54, 1.807) is 10.3 Å². The van der Waals surface area contributed by atoms with Crippen molar-refractivity contribution in [2.24, 2.45) is 5.92 Å². The molecule has 1 N–H and O–H groups in total. The Kier molecular flexibility index (Phi) is 7.55. The molecule has 1 saturated heterocycles. The number of sulfonamides is 1. The van der Waals surface area contributed by atoms with Crippen LogP contribution in [0.4, 0.5) is 31.5 Å². The van der Waals surface area contributed by atoms with Crippen LogP contribution in [0.3, 0.4) is 0 Å². The lowest BCUT2D eigenvalue weighted by molar-refractivity contribution is -0.190. The monoisotopic (exact) mass is 591 g/mol. The molecule has 0 spiro atoms. The van der Waals surface area contributed by atoms with E-state index in [4.69, 9.17) is 4.74 Å². The third kappa shape index (κ3) is 5.87. The first-order valence-electron chi connectivity index (χ1n) is 12.1. The number of ether oxygens (including phenoxy) is 1. The summed E-state index contributed by atoms with van der Waals surface area (Å²) in [5.41, 5.74) is 0.602. The van der Waals surface area contributed by atoms with E-state index in [1.165, 1.54) is 12.3 Å². The highest BCUT2D eigenvalue weighted by molar-refractivity contribution is 7.93. The Balaban J connectivity index is 1.43. The first kappa shape index (κ1) is 27.7. The number of aromatic nitrogens is 1. The number of hydrogen-bond acceptors (Lipinski definition) is 6. The zero-order chi connectivity index (χ0) is 27.9. The Morgan fingerprint density at radius 2 is 1.87 bits per heavy atom. The van der Waals surface area contributed by atoms with Gasteiger partial charge < -0.3 is 4.74 Å². The second-order valence-electron chi connectivity index (χ2n) is 9.54. The van der Waals surface area contributed by atoms with Crippen LogP contribution in [0.2, 0.25) is 0 Å². The number of thiazole rings is 1. The molecule has 1 fully saturated rings. The molecule has 0 bridgehead atoms. The predicted octanol–water partition coefficient (Wildman–Crippen LogP) is 6.24. The molecule has 0 saturated carbocycles. The van der Waals surface area contributed by atoms with E-state index in [0.29, 0.717) is 12.0 Å². The summed E-state index contributed by atoms with van der Waals surface area (Å²) in [5, 5.41) is 1.62. The molecule has 39 heavy (non-hydrogen) atoms. The summed E-state index contributed by atoms with van der Waals surface area (Å²) in [7, 11) is -4.30. The molecule has 2 aliphatic heterocycles. The number of alkyl halides is 3. The molecule has 3 heterocycles. The van der Waals surface area contributed by atoms with Gasteiger partial charge in [0.1, 0.15) is 16.5 Å². The molecular formula is C25H23F6N3O3S2. The maximum Gasteiger partial charge on any atom is 0.391 e. The Bertz CT molecular complexity index is 1450. The number of halogens is 6. The minimum atomic E-state index is -4.44. The van der Waals surface area contributed by atoms with Crippen molar-refractivity contribution in [3.8, 4) is 5.75 Å². The van der Waals surface area contributed by atoms with E-state index in [1.807, 2.05) is 0 Å². The summed E-state index contributed by atoms with van der Waals surface area (Å²) in [6.45, 7) is 0.401. The van der Waals surface area contributed by atoms with Crippen LogP contribution >= 0.6 is 11.3 Å². The van der Waals surface area contributed by atoms with E-state index in [0.717, 1.165) is 35.6 Å². The zero-order valence-corrected chi connectivity index (χ0v) is 21.9. The van der Waals surface area contributed by atoms with Crippen molar-refractivity contribution in [3.05, 3.63) is 70.5 Å². The molecule has 5 rings (SSSR count). The Morgan fingerprint density at radius 1 is 1.08 bits per heavy atom. The third-order valence-corrected chi connectivity index (χ3v) is 9.30. The summed E-state index contributed by atoms with van der Waals surface area (Å²) >= 11 is 1.03. The van der Waals surface area contributed by atoms with E-state index in [-0.39, 0.29) is 49.0 Å². The van der Waals surface area contributed by atoms with Crippen molar-refractivity contribution in [1.82, 2.24) is 9.88 Å². The molecule has 0 radical (unpaired) electrons. The largest absolute Gasteiger partial charge is 0.493 e. The van der Waals surface area contributed by atoms with Gasteiger partial charge in [-0.25, -0.2) is 26.6 Å². The zero-order valence-electron chi connectivity index (χ0n) is 20.2. The lowest BCUT2D eigenvalue weighted by atomic mass is 9.84. The molecule has 1 aromatic heterocycles. The van der Waals surface area contributed by atoms with E-state index in [2.05, 4.69) is 9.71 Å². The van der Waals surface area contributed by atoms with Crippen LogP contribution in [0.25, 0.3) is 0 Å². The average Bonchev–Trinajstić information content (AvgIpc) is 3.37. The second-order valence-corrected chi connectivity index (χ2v) is 12.1. The lowest BCUT2D eigenvalue weighted by Crippen LogP contribution is -2.43. The van der Waals surface area contributed by atoms with Crippen LogP contribution in [0.15, 0.2) is 46.8 Å². The fourth-order valence-corrected chi connectivity index (χ4v) is 7.04. The van der Waals surface area contributed by atoms with Crippen molar-refractivity contribution in [2.45, 2.75) is 42.3 Å². The van der Waals surface area contributed by atoms with Crippen molar-refractivity contribution >= 4 is 26.5 Å². The lowest BCUT2D eigenvalue weighted by Gasteiger charge is -2.42. The average molecular weight is 592 g/mol. The quantitative estimate of drug-likeness (QED) is 0.344. The van der Waals surface area contributed by atoms with Crippen LogP contribution in [0.1, 0.15) is 42.3 Å². The highest BCUT2D eigenvalue weighted by Gasteiger charge is 2.45. The van der Waals surface area contributed by atoms with E-state index in [9.17, 15) is 30.4 Å². The Hall–Kier alpha value is -2.84. The molecule has 14 heteroatoms. The van der Waals surface area contributed by atoms with Crippen molar-refractivity contribution in [3.63, 3.8) is 0 Å². The van der Waals surface area contributed by atoms with Crippen molar-refractivity contribution in [1.29, 1.82) is 0 Å². The highest BCUT2D eigenvalue weighted by atomic mass is 32.2. The third-order valence-electron chi connectivity index (χ3n) is 7.13. The van der Waals surface area contributed by atoms with Gasteiger partial charge in [0.25, 0.3) is 10.0 Å². The molecule has 3 aromatic rings. The van der Waals surface area contributed by atoms with Crippen LogP contribution in [0, 0.1) is 23.4 Å². The molecular weight excluding hydrogens is 568 g/mol. The summed E-state index contributed by atoms with van der Waals surface area (Å²) in [4.78, 5) is 4.98. The number of likely N-dealkylation sites (tertiary alicyclic amines) is 1. The smallest absolute Gasteiger partial charge is 0.391 e. The van der Waals surface area contributed by atoms with Gasteiger partial charge in [-0.3, -0.25) is 9.62 Å². The highest BCUT2D eigenvalue weighted by Crippen LogP contribution is 2.45. The van der Waals surface area contributed by atoms with Gasteiger partial charge in [-0.05, 0) is 49.6 Å². The number of rotatable bonds is 6. The van der Waals surface area contributed by atoms with Gasteiger partial charge in [-0.2, -0.15) is 13.2 Å². The van der Waals surface area contributed by atoms with Gasteiger partial charge in [0, 0.05) is 41.7 Å². The maximum absolute atomic E-state index is 15.2. The minimum Gasteiger partial charge on any atom is -0.493 e. The van der Waals surface area contributed by atoms with E-state index < -0.39 is 56.4 Å². The number of benzene rings is 2. The Labute approximate surface area is 224 Å². The van der Waals surface area contributed by atoms with Crippen molar-refractivity contribution in [2.75, 3.05) is 24.4 Å². The molecule has 0 unspecified atom stereocenters. The van der Waals surface area contributed by atoms with Gasteiger partial charge in [0.15, 0.2) is 16.8 Å². The SMILES string of the molecule is O=S(=O)(Nc1nccs1)c1cc2c(cc1F)[C@H](CN1CC[C@@H](C(F)(F)F)C[C@H]1c1ccc(F)c(F)c1)CCO2. The number of nitrogens with one attached hydrogen (secondary N) is 1. The summed E-state index contributed by atoms with van der Waals surface area (Å²) in [6.07, 6.45) is -3.15. The number of fused-ring (bicyclic) bond motifs is 1. The Morgan fingerprint density at radius 3 is 2.56 bits per heavy atom. The number of nitrogens with zero attached hydrogens (tertiary/aromatic N) is 2. The minimum absolute atomic E-state index is 0.0349. The number of piperidine rings is 1. The molecule has 0 amide bonds. The maximum atomic E-state index is 15.2. The van der Waals surface area contributed by atoms with Crippen LogP contribution < -0.4 is 9.46 Å². The van der Waals surface area contributed by atoms with Crippen LogP contribution in [-0.4, -0.2) is 44.2 Å². The molecule has 210 valence electrons. The number of hydrogen-bond donors (Lipinski definition) is 1. The second kappa shape index (κ2) is 10.6. The van der Waals surface area contributed by atoms with Gasteiger partial charge in [0.05, 0.1) is 12.5 Å². The topological polar surface area (TPSA) is 71.5 Å². The van der Waals surface area contributed by atoms with Gasteiger partial charge in [0.2, 0.25) is 0 Å². The van der Waals surface area contributed by atoms with Crippen LogP contribution in [0.5, 0.6) is 5.75 Å². The first-order valence-corrected chi connectivity index (χ1v) is 14.4. The van der Waals surface area contributed by atoms with Crippen LogP contribution in [-0.2, 0) is 10.0 Å². The first-order chi connectivity index (χ1) is 18.4.